The van der Waals surface area contributed by atoms with Crippen molar-refractivity contribution < 1.29 is 64.0 Å². The van der Waals surface area contributed by atoms with Crippen LogP contribution >= 0.6 is 0 Å². The Morgan fingerprint density at radius 2 is 1.71 bits per heavy atom. The summed E-state index contributed by atoms with van der Waals surface area (Å²) >= 11 is 0. The van der Waals surface area contributed by atoms with Gasteiger partial charge in [-0.25, -0.2) is 4.79 Å². The Hall–Kier alpha value is -3.07. The van der Waals surface area contributed by atoms with Crippen molar-refractivity contribution in [2.24, 2.45) is 0 Å². The van der Waals surface area contributed by atoms with E-state index in [0.717, 1.165) is 13.0 Å². The maximum atomic E-state index is 12.0. The third-order valence-electron chi connectivity index (χ3n) is 4.93. The van der Waals surface area contributed by atoms with Gasteiger partial charge >= 0.3 is 17.9 Å². The van der Waals surface area contributed by atoms with E-state index >= 15 is 0 Å². The summed E-state index contributed by atoms with van der Waals surface area (Å²) in [6.07, 6.45) is -9.87. The molecule has 0 bridgehead atoms. The highest BCUT2D eigenvalue weighted by molar-refractivity contribution is 5.87. The number of benzene rings is 1. The van der Waals surface area contributed by atoms with Gasteiger partial charge in [-0.3, -0.25) is 9.59 Å². The van der Waals surface area contributed by atoms with E-state index in [1.54, 1.807) is 12.1 Å². The molecular weight excluding hydrogens is 472 g/mol. The molecule has 194 valence electrons. The molecule has 1 heterocycles. The van der Waals surface area contributed by atoms with Crippen LogP contribution in [0.3, 0.4) is 0 Å². The monoisotopic (exact) mass is 500 g/mol. The van der Waals surface area contributed by atoms with Crippen LogP contribution in [0, 0.1) is 0 Å². The maximum Gasteiger partial charge on any atom is 0.330 e. The van der Waals surface area contributed by atoms with Crippen LogP contribution in [0.4, 0.5) is 0 Å². The van der Waals surface area contributed by atoms with Crippen molar-refractivity contribution in [2.45, 2.75) is 56.3 Å². The average Bonchev–Trinajstić information content (AvgIpc) is 2.80. The number of aliphatic hydroxyl groups is 4. The normalized spacial score (nSPS) is 26.1. The number of aromatic hydroxyl groups is 1. The summed E-state index contributed by atoms with van der Waals surface area (Å²) in [5.74, 6) is -2.89. The highest BCUT2D eigenvalue weighted by Gasteiger charge is 2.46. The van der Waals surface area contributed by atoms with Crippen molar-refractivity contribution in [1.29, 1.82) is 0 Å². The molecular formula is C22H28O13. The van der Waals surface area contributed by atoms with Gasteiger partial charge in [0, 0.05) is 13.0 Å². The van der Waals surface area contributed by atoms with Crippen LogP contribution in [0.1, 0.15) is 18.9 Å². The van der Waals surface area contributed by atoms with Crippen LogP contribution < -0.4 is 0 Å². The van der Waals surface area contributed by atoms with Gasteiger partial charge in [0.2, 0.25) is 0 Å². The maximum absolute atomic E-state index is 12.0. The lowest BCUT2D eigenvalue weighted by molar-refractivity contribution is -0.318. The number of rotatable bonds is 11. The van der Waals surface area contributed by atoms with Crippen LogP contribution in [-0.2, 0) is 33.3 Å². The number of ether oxygens (including phenoxy) is 4. The van der Waals surface area contributed by atoms with Gasteiger partial charge in [-0.15, -0.1) is 0 Å². The fraction of sp³-hybridized carbons (Fsp3) is 0.500. The van der Waals surface area contributed by atoms with Gasteiger partial charge in [-0.1, -0.05) is 12.1 Å². The van der Waals surface area contributed by atoms with Crippen molar-refractivity contribution >= 4 is 24.0 Å². The van der Waals surface area contributed by atoms with Gasteiger partial charge in [-0.2, -0.15) is 0 Å². The number of phenols is 1. The number of carbonyl (C=O) groups excluding carboxylic acids is 2. The molecule has 1 saturated heterocycles. The van der Waals surface area contributed by atoms with Crippen LogP contribution in [-0.4, -0.2) is 105 Å². The smallest absolute Gasteiger partial charge is 0.330 e. The van der Waals surface area contributed by atoms with E-state index in [2.05, 4.69) is 4.74 Å². The molecule has 13 heteroatoms. The zero-order valence-electron chi connectivity index (χ0n) is 18.7. The summed E-state index contributed by atoms with van der Waals surface area (Å²) in [6, 6.07) is 5.95. The summed E-state index contributed by atoms with van der Waals surface area (Å²) in [6.45, 7) is -0.0872. The van der Waals surface area contributed by atoms with Gasteiger partial charge in [0.25, 0.3) is 0 Å². The van der Waals surface area contributed by atoms with Gasteiger partial charge in [0.05, 0.1) is 6.42 Å². The number of hydrogen-bond acceptors (Lipinski definition) is 12. The van der Waals surface area contributed by atoms with Crippen LogP contribution in [0.15, 0.2) is 30.3 Å². The Morgan fingerprint density at radius 3 is 2.31 bits per heavy atom. The highest BCUT2D eigenvalue weighted by atomic mass is 16.7. The first kappa shape index (κ1) is 28.2. The lowest BCUT2D eigenvalue weighted by atomic mass is 9.99. The number of phenolic OH excluding ortho intramolecular Hbond substituents is 1. The molecule has 0 amide bonds. The van der Waals surface area contributed by atoms with Gasteiger partial charge in [-0.05, 0) is 23.8 Å². The van der Waals surface area contributed by atoms with Crippen LogP contribution in [0.5, 0.6) is 5.75 Å². The fourth-order valence-corrected chi connectivity index (χ4v) is 3.06. The van der Waals surface area contributed by atoms with Crippen molar-refractivity contribution in [3.05, 3.63) is 35.9 Å². The zero-order valence-corrected chi connectivity index (χ0v) is 18.7. The Bertz CT molecular complexity index is 884. The van der Waals surface area contributed by atoms with Crippen LogP contribution in [0.2, 0.25) is 0 Å². The summed E-state index contributed by atoms with van der Waals surface area (Å²) in [5, 5.41) is 59.0. The predicted octanol–water partition coefficient (Wildman–Crippen LogP) is -1.46. The molecule has 0 unspecified atom stereocenters. The minimum atomic E-state index is -1.84. The number of carboxylic acid groups (broad SMARTS) is 1. The van der Waals surface area contributed by atoms with E-state index in [-0.39, 0.29) is 5.75 Å². The van der Waals surface area contributed by atoms with E-state index in [9.17, 15) is 39.9 Å². The van der Waals surface area contributed by atoms with E-state index < -0.39 is 80.5 Å². The molecule has 0 spiro atoms. The molecule has 0 aromatic heterocycles. The number of aliphatic carboxylic acids is 1. The van der Waals surface area contributed by atoms with Gasteiger partial charge in [0.1, 0.15) is 55.6 Å². The predicted molar refractivity (Wildman–Crippen MR) is 115 cm³/mol. The first-order valence-corrected chi connectivity index (χ1v) is 10.5. The first-order valence-electron chi connectivity index (χ1n) is 10.5. The lowest BCUT2D eigenvalue weighted by Crippen LogP contribution is -2.60. The molecule has 1 aliphatic heterocycles. The Kier molecular flexibility index (Phi) is 10.6. The molecule has 1 aromatic rings. The van der Waals surface area contributed by atoms with E-state index in [1.807, 2.05) is 0 Å². The first-order chi connectivity index (χ1) is 16.5. The molecule has 1 fully saturated rings. The summed E-state index contributed by atoms with van der Waals surface area (Å²) < 4.78 is 20.3. The van der Waals surface area contributed by atoms with Crippen molar-refractivity contribution in [3.8, 4) is 5.75 Å². The van der Waals surface area contributed by atoms with Crippen molar-refractivity contribution in [2.75, 3.05) is 13.2 Å². The van der Waals surface area contributed by atoms with Crippen LogP contribution in [0.25, 0.3) is 6.08 Å². The number of carbonyl (C=O) groups is 3. The molecule has 0 radical (unpaired) electrons. The fourth-order valence-electron chi connectivity index (χ4n) is 3.06. The van der Waals surface area contributed by atoms with E-state index in [1.165, 1.54) is 18.2 Å². The topological polar surface area (TPSA) is 210 Å². The minimum Gasteiger partial charge on any atom is -0.508 e. The number of carboxylic acids is 1. The molecule has 35 heavy (non-hydrogen) atoms. The van der Waals surface area contributed by atoms with E-state index in [0.29, 0.717) is 5.56 Å². The van der Waals surface area contributed by atoms with Crippen molar-refractivity contribution in [3.63, 3.8) is 0 Å². The highest BCUT2D eigenvalue weighted by Crippen LogP contribution is 2.25. The summed E-state index contributed by atoms with van der Waals surface area (Å²) in [5.41, 5.74) is 0.595. The zero-order chi connectivity index (χ0) is 26.1. The second-order valence-electron chi connectivity index (χ2n) is 7.71. The Labute approximate surface area is 199 Å². The molecule has 0 aliphatic carbocycles. The largest absolute Gasteiger partial charge is 0.508 e. The average molecular weight is 500 g/mol. The molecule has 0 saturated carbocycles. The Balaban J connectivity index is 2.01. The number of aliphatic hydroxyl groups excluding tert-OH is 4. The second-order valence-corrected chi connectivity index (χ2v) is 7.71. The summed E-state index contributed by atoms with van der Waals surface area (Å²) in [7, 11) is 0. The third-order valence-corrected chi connectivity index (χ3v) is 4.93. The van der Waals surface area contributed by atoms with Crippen molar-refractivity contribution in [1.82, 2.24) is 0 Å². The molecule has 13 nitrogen and oxygen atoms in total. The standard InChI is InChI=1S/C22H28O13/c1-11(23)32-9-14(25)15(8-17(26)27)34-22-21(31)20(30)19(29)16(35-22)10-33-18(28)7-4-12-2-5-13(24)6-3-12/h2-7,14-16,19-22,24-25,29-31H,8-10H2,1H3,(H,26,27)/b7-4+/t14-,15+,16-,19-,20+,21-,22-/m1/s1. The van der Waals surface area contributed by atoms with Gasteiger partial charge < -0.3 is 49.6 Å². The lowest BCUT2D eigenvalue weighted by Gasteiger charge is -2.41. The minimum absolute atomic E-state index is 0.0511. The molecule has 2 rings (SSSR count). The van der Waals surface area contributed by atoms with Gasteiger partial charge in [0.15, 0.2) is 6.29 Å². The number of esters is 2. The SMILES string of the molecule is CC(=O)OC[C@@H](O)[C@H](CC(=O)O)O[C@@H]1O[C@H](COC(=O)/C=C/c2ccc(O)cc2)[C@@H](O)[C@H](O)[C@H]1O. The molecule has 7 atom stereocenters. The molecule has 1 aliphatic rings. The molecule has 1 aromatic carbocycles. The summed E-state index contributed by atoms with van der Waals surface area (Å²) in [4.78, 5) is 34.1. The second kappa shape index (κ2) is 13.1. The Morgan fingerprint density at radius 1 is 1.06 bits per heavy atom. The molecule has 6 N–H and O–H groups in total. The third kappa shape index (κ3) is 8.90. The quantitative estimate of drug-likeness (QED) is 0.152. The van der Waals surface area contributed by atoms with E-state index in [4.69, 9.17) is 19.3 Å². The number of hydrogen-bond donors (Lipinski definition) is 6.